The van der Waals surface area contributed by atoms with Gasteiger partial charge in [-0.2, -0.15) is 0 Å². The molecule has 0 radical (unpaired) electrons. The number of rotatable bonds is 4. The lowest BCUT2D eigenvalue weighted by atomic mass is 10.0. The molecule has 0 unspecified atom stereocenters. The zero-order chi connectivity index (χ0) is 11.3. The van der Waals surface area contributed by atoms with E-state index in [0.717, 1.165) is 11.8 Å². The zero-order valence-electron chi connectivity index (χ0n) is 8.33. The van der Waals surface area contributed by atoms with Crippen molar-refractivity contribution in [1.82, 2.24) is 0 Å². The molecule has 0 N–H and O–H groups in total. The number of aldehydes is 1. The number of aryl methyl sites for hydroxylation is 1. The third kappa shape index (κ3) is 2.89. The molecule has 0 aliphatic carbocycles. The Morgan fingerprint density at radius 2 is 2.27 bits per heavy atom. The zero-order valence-corrected chi connectivity index (χ0v) is 9.91. The van der Waals surface area contributed by atoms with E-state index in [-0.39, 0.29) is 5.97 Å². The molecule has 1 rings (SSSR count). The van der Waals surface area contributed by atoms with Gasteiger partial charge in [0.05, 0.1) is 12.7 Å². The largest absolute Gasteiger partial charge is 0.465 e. The second-order valence-corrected chi connectivity index (χ2v) is 3.83. The van der Waals surface area contributed by atoms with Crippen LogP contribution in [-0.4, -0.2) is 19.4 Å². The fourth-order valence-electron chi connectivity index (χ4n) is 1.32. The number of hydrogen-bond donors (Lipinski definition) is 0. The first-order chi connectivity index (χ1) is 7.20. The Morgan fingerprint density at radius 1 is 1.53 bits per heavy atom. The van der Waals surface area contributed by atoms with Crippen molar-refractivity contribution in [3.63, 3.8) is 0 Å². The normalized spacial score (nSPS) is 9.73. The first-order valence-electron chi connectivity index (χ1n) is 4.50. The molecule has 0 aliphatic heterocycles. The van der Waals surface area contributed by atoms with Crippen LogP contribution in [0.2, 0.25) is 0 Å². The summed E-state index contributed by atoms with van der Waals surface area (Å²) in [7, 11) is 1.34. The Balaban J connectivity index is 3.08. The maximum atomic E-state index is 11.5. The molecule has 80 valence electrons. The van der Waals surface area contributed by atoms with Crippen LogP contribution in [0.15, 0.2) is 22.7 Å². The van der Waals surface area contributed by atoms with Gasteiger partial charge in [0.15, 0.2) is 0 Å². The quantitative estimate of drug-likeness (QED) is 0.623. The van der Waals surface area contributed by atoms with Crippen molar-refractivity contribution in [1.29, 1.82) is 0 Å². The maximum absolute atomic E-state index is 11.5. The molecule has 0 amide bonds. The molecule has 0 fully saturated rings. The van der Waals surface area contributed by atoms with Crippen molar-refractivity contribution in [3.05, 3.63) is 33.8 Å². The van der Waals surface area contributed by atoms with E-state index >= 15 is 0 Å². The fraction of sp³-hybridized carbons (Fsp3) is 0.273. The van der Waals surface area contributed by atoms with Gasteiger partial charge in [-0.05, 0) is 34.0 Å². The van der Waals surface area contributed by atoms with Gasteiger partial charge in [0, 0.05) is 10.9 Å². The van der Waals surface area contributed by atoms with Crippen LogP contribution in [0.3, 0.4) is 0 Å². The summed E-state index contributed by atoms with van der Waals surface area (Å²) in [6.07, 6.45) is 1.79. The molecular weight excluding hydrogens is 260 g/mol. The highest BCUT2D eigenvalue weighted by Crippen LogP contribution is 2.22. The summed E-state index contributed by atoms with van der Waals surface area (Å²) in [5.41, 5.74) is 1.32. The second-order valence-electron chi connectivity index (χ2n) is 2.97. The molecule has 0 spiro atoms. The van der Waals surface area contributed by atoms with Crippen molar-refractivity contribution < 1.29 is 14.3 Å². The molecule has 0 saturated carbocycles. The van der Waals surface area contributed by atoms with Crippen LogP contribution in [-0.2, 0) is 16.0 Å². The van der Waals surface area contributed by atoms with Crippen LogP contribution in [0.5, 0.6) is 0 Å². The third-order valence-electron chi connectivity index (χ3n) is 2.02. The van der Waals surface area contributed by atoms with Crippen LogP contribution < -0.4 is 0 Å². The number of carbonyl (C=O) groups excluding carboxylic acids is 2. The fourth-order valence-corrected chi connectivity index (χ4v) is 1.89. The molecule has 15 heavy (non-hydrogen) atoms. The van der Waals surface area contributed by atoms with E-state index in [1.807, 2.05) is 12.1 Å². The summed E-state index contributed by atoms with van der Waals surface area (Å²) in [6.45, 7) is 0. The highest BCUT2D eigenvalue weighted by atomic mass is 79.9. The van der Waals surface area contributed by atoms with Gasteiger partial charge in [0.25, 0.3) is 0 Å². The Kier molecular flexibility index (Phi) is 4.49. The topological polar surface area (TPSA) is 43.4 Å². The Hall–Kier alpha value is -1.16. The highest BCUT2D eigenvalue weighted by molar-refractivity contribution is 9.10. The monoisotopic (exact) mass is 270 g/mol. The van der Waals surface area contributed by atoms with E-state index in [0.29, 0.717) is 22.9 Å². The van der Waals surface area contributed by atoms with Crippen LogP contribution in [0.1, 0.15) is 22.3 Å². The van der Waals surface area contributed by atoms with Crippen molar-refractivity contribution in [2.24, 2.45) is 0 Å². The number of hydrogen-bond acceptors (Lipinski definition) is 3. The molecule has 0 heterocycles. The molecule has 0 aliphatic rings. The number of methoxy groups -OCH3 is 1. The van der Waals surface area contributed by atoms with Gasteiger partial charge in [0.1, 0.15) is 6.29 Å². The summed E-state index contributed by atoms with van der Waals surface area (Å²) < 4.78 is 5.37. The Morgan fingerprint density at radius 3 is 2.87 bits per heavy atom. The second kappa shape index (κ2) is 5.66. The summed E-state index contributed by atoms with van der Waals surface area (Å²) in [5, 5.41) is 0. The molecule has 3 nitrogen and oxygen atoms in total. The molecule has 1 aromatic carbocycles. The van der Waals surface area contributed by atoms with E-state index in [9.17, 15) is 9.59 Å². The van der Waals surface area contributed by atoms with Crippen molar-refractivity contribution in [2.45, 2.75) is 12.8 Å². The van der Waals surface area contributed by atoms with Crippen molar-refractivity contribution >= 4 is 28.2 Å². The number of carbonyl (C=O) groups is 2. The van der Waals surface area contributed by atoms with Gasteiger partial charge in [-0.15, -0.1) is 0 Å². The van der Waals surface area contributed by atoms with E-state index in [2.05, 4.69) is 20.7 Å². The van der Waals surface area contributed by atoms with E-state index in [1.165, 1.54) is 7.11 Å². The summed E-state index contributed by atoms with van der Waals surface area (Å²) in [6, 6.07) is 5.42. The standard InChI is InChI=1S/C11H11BrO3/c1-15-11(14)10-8(5-3-7-13)4-2-6-9(10)12/h2,4,6-7H,3,5H2,1H3. The molecule has 1 aromatic rings. The van der Waals surface area contributed by atoms with Gasteiger partial charge < -0.3 is 9.53 Å². The molecule has 0 aromatic heterocycles. The van der Waals surface area contributed by atoms with Crippen molar-refractivity contribution in [3.8, 4) is 0 Å². The molecule has 0 bridgehead atoms. The first kappa shape index (κ1) is 11.9. The average molecular weight is 271 g/mol. The number of benzene rings is 1. The van der Waals surface area contributed by atoms with Crippen molar-refractivity contribution in [2.75, 3.05) is 7.11 Å². The summed E-state index contributed by atoms with van der Waals surface area (Å²) in [5.74, 6) is -0.386. The van der Waals surface area contributed by atoms with Gasteiger partial charge >= 0.3 is 5.97 Å². The minimum absolute atomic E-state index is 0.386. The van der Waals surface area contributed by atoms with Gasteiger partial charge in [-0.3, -0.25) is 0 Å². The average Bonchev–Trinajstić information content (AvgIpc) is 2.25. The maximum Gasteiger partial charge on any atom is 0.339 e. The molecule has 0 atom stereocenters. The van der Waals surface area contributed by atoms with Crippen LogP contribution >= 0.6 is 15.9 Å². The minimum atomic E-state index is -0.386. The minimum Gasteiger partial charge on any atom is -0.465 e. The smallest absolute Gasteiger partial charge is 0.339 e. The van der Waals surface area contributed by atoms with E-state index in [4.69, 9.17) is 0 Å². The first-order valence-corrected chi connectivity index (χ1v) is 5.29. The highest BCUT2D eigenvalue weighted by Gasteiger charge is 2.14. The SMILES string of the molecule is COC(=O)c1c(Br)cccc1CCC=O. The number of ether oxygens (including phenoxy) is 1. The summed E-state index contributed by atoms with van der Waals surface area (Å²) in [4.78, 5) is 21.8. The lowest BCUT2D eigenvalue weighted by molar-refractivity contribution is -0.107. The van der Waals surface area contributed by atoms with Gasteiger partial charge in [0.2, 0.25) is 0 Å². The molecule has 0 saturated heterocycles. The number of esters is 1. The third-order valence-corrected chi connectivity index (χ3v) is 2.68. The predicted molar refractivity (Wildman–Crippen MR) is 59.9 cm³/mol. The van der Waals surface area contributed by atoms with Gasteiger partial charge in [-0.1, -0.05) is 12.1 Å². The summed E-state index contributed by atoms with van der Waals surface area (Å²) >= 11 is 3.29. The number of halogens is 1. The molecular formula is C11H11BrO3. The Labute approximate surface area is 96.6 Å². The Bertz CT molecular complexity index is 374. The lowest BCUT2D eigenvalue weighted by Gasteiger charge is -2.08. The van der Waals surface area contributed by atoms with Crippen LogP contribution in [0.4, 0.5) is 0 Å². The predicted octanol–water partition coefficient (Wildman–Crippen LogP) is 2.37. The lowest BCUT2D eigenvalue weighted by Crippen LogP contribution is -2.07. The van der Waals surface area contributed by atoms with Gasteiger partial charge in [-0.25, -0.2) is 4.79 Å². The van der Waals surface area contributed by atoms with Crippen LogP contribution in [0, 0.1) is 0 Å². The van der Waals surface area contributed by atoms with E-state index in [1.54, 1.807) is 6.07 Å². The van der Waals surface area contributed by atoms with Crippen LogP contribution in [0.25, 0.3) is 0 Å². The van der Waals surface area contributed by atoms with E-state index < -0.39 is 0 Å². The molecule has 4 heteroatoms.